The fourth-order valence-electron chi connectivity index (χ4n) is 3.06. The van der Waals surface area contributed by atoms with Gasteiger partial charge < -0.3 is 15.4 Å². The molecule has 3 N–H and O–H groups in total. The molecular weight excluding hydrogens is 276 g/mol. The quantitative estimate of drug-likeness (QED) is 0.842. The molecule has 0 aliphatic heterocycles. The maximum Gasteiger partial charge on any atom is 0.278 e. The highest BCUT2D eigenvalue weighted by atomic mass is 16.5. The van der Waals surface area contributed by atoms with Crippen molar-refractivity contribution >= 4 is 5.91 Å². The number of hydrogen-bond donors (Lipinski definition) is 2. The predicted molar refractivity (Wildman–Crippen MR) is 87.6 cm³/mol. The van der Waals surface area contributed by atoms with E-state index in [4.69, 9.17) is 4.74 Å². The van der Waals surface area contributed by atoms with Crippen molar-refractivity contribution in [1.29, 1.82) is 0 Å². The van der Waals surface area contributed by atoms with Crippen molar-refractivity contribution in [1.82, 2.24) is 5.32 Å². The van der Waals surface area contributed by atoms with Crippen molar-refractivity contribution in [2.24, 2.45) is 5.92 Å². The second kappa shape index (κ2) is 8.18. The number of amides is 1. The Morgan fingerprint density at radius 3 is 2.91 bits per heavy atom. The standard InChI is InChI=1S/C18H28N2O2/c1-13-7-4-5-10-17(13)20-18(21)14(2)19-12-15-8-6-9-16(11-15)22-3/h6,8-9,11,13-14,17,19H,4-5,7,10,12H2,1-3H3,(H,20,21)/p+1/t13-,14-,17-/m1/s1. The highest BCUT2D eigenvalue weighted by Crippen LogP contribution is 2.23. The third kappa shape index (κ3) is 4.73. The monoisotopic (exact) mass is 305 g/mol. The first kappa shape index (κ1) is 16.8. The van der Waals surface area contributed by atoms with Gasteiger partial charge in [-0.2, -0.15) is 0 Å². The van der Waals surface area contributed by atoms with E-state index in [2.05, 4.69) is 23.6 Å². The lowest BCUT2D eigenvalue weighted by molar-refractivity contribution is -0.689. The van der Waals surface area contributed by atoms with E-state index in [1.807, 2.05) is 25.1 Å². The lowest BCUT2D eigenvalue weighted by Gasteiger charge is -2.30. The maximum absolute atomic E-state index is 12.3. The van der Waals surface area contributed by atoms with Crippen molar-refractivity contribution in [3.8, 4) is 5.75 Å². The van der Waals surface area contributed by atoms with Gasteiger partial charge in [0.2, 0.25) is 0 Å². The number of nitrogens with one attached hydrogen (secondary N) is 1. The molecule has 0 bridgehead atoms. The van der Waals surface area contributed by atoms with Crippen molar-refractivity contribution < 1.29 is 14.8 Å². The van der Waals surface area contributed by atoms with Crippen LogP contribution in [0.5, 0.6) is 5.75 Å². The Balaban J connectivity index is 1.80. The number of benzene rings is 1. The highest BCUT2D eigenvalue weighted by molar-refractivity contribution is 5.80. The van der Waals surface area contributed by atoms with Gasteiger partial charge in [0, 0.05) is 11.6 Å². The summed E-state index contributed by atoms with van der Waals surface area (Å²) in [5.74, 6) is 1.61. The molecule has 2 rings (SSSR count). The van der Waals surface area contributed by atoms with Crippen LogP contribution in [0.3, 0.4) is 0 Å². The number of quaternary nitrogens is 1. The van der Waals surface area contributed by atoms with E-state index in [0.717, 1.165) is 18.7 Å². The molecule has 4 nitrogen and oxygen atoms in total. The van der Waals surface area contributed by atoms with Crippen LogP contribution < -0.4 is 15.4 Å². The van der Waals surface area contributed by atoms with Gasteiger partial charge in [-0.25, -0.2) is 0 Å². The molecule has 0 unspecified atom stereocenters. The first-order valence-electron chi connectivity index (χ1n) is 8.36. The van der Waals surface area contributed by atoms with E-state index in [1.165, 1.54) is 24.8 Å². The zero-order valence-corrected chi connectivity index (χ0v) is 14.0. The summed E-state index contributed by atoms with van der Waals surface area (Å²) in [6.45, 7) is 5.00. The Bertz CT molecular complexity index is 490. The van der Waals surface area contributed by atoms with Crippen LogP contribution in [0.25, 0.3) is 0 Å². The van der Waals surface area contributed by atoms with E-state index >= 15 is 0 Å². The van der Waals surface area contributed by atoms with Gasteiger partial charge in [-0.1, -0.05) is 31.9 Å². The molecule has 0 aromatic heterocycles. The Morgan fingerprint density at radius 2 is 2.18 bits per heavy atom. The first-order valence-corrected chi connectivity index (χ1v) is 8.36. The number of ether oxygens (including phenoxy) is 1. The van der Waals surface area contributed by atoms with Crippen LogP contribution in [0.15, 0.2) is 24.3 Å². The fraction of sp³-hybridized carbons (Fsp3) is 0.611. The normalized spacial score (nSPS) is 22.9. The number of methoxy groups -OCH3 is 1. The summed E-state index contributed by atoms with van der Waals surface area (Å²) in [5.41, 5.74) is 1.17. The van der Waals surface area contributed by atoms with Gasteiger partial charge >= 0.3 is 0 Å². The minimum Gasteiger partial charge on any atom is -0.497 e. The van der Waals surface area contributed by atoms with Crippen LogP contribution in [-0.4, -0.2) is 25.1 Å². The van der Waals surface area contributed by atoms with E-state index in [9.17, 15) is 4.79 Å². The third-order valence-electron chi connectivity index (χ3n) is 4.69. The molecule has 1 aromatic carbocycles. The molecule has 3 atom stereocenters. The zero-order chi connectivity index (χ0) is 15.9. The Morgan fingerprint density at radius 1 is 1.41 bits per heavy atom. The van der Waals surface area contributed by atoms with Gasteiger partial charge in [-0.15, -0.1) is 0 Å². The minimum absolute atomic E-state index is 0.0691. The minimum atomic E-state index is -0.0691. The summed E-state index contributed by atoms with van der Waals surface area (Å²) in [6, 6.07) is 8.28. The van der Waals surface area contributed by atoms with Crippen molar-refractivity contribution in [2.45, 2.75) is 58.2 Å². The van der Waals surface area contributed by atoms with Crippen LogP contribution in [0.1, 0.15) is 45.1 Å². The van der Waals surface area contributed by atoms with E-state index in [0.29, 0.717) is 12.0 Å². The number of rotatable bonds is 6. The SMILES string of the molecule is COc1cccc(C[NH2+][C@H](C)C(=O)N[C@@H]2CCCC[C@H]2C)c1. The van der Waals surface area contributed by atoms with Crippen LogP contribution in [-0.2, 0) is 11.3 Å². The number of carbonyl (C=O) groups excluding carboxylic acids is 1. The summed E-state index contributed by atoms with van der Waals surface area (Å²) in [7, 11) is 1.67. The molecule has 0 spiro atoms. The number of carbonyl (C=O) groups is 1. The molecule has 0 heterocycles. The van der Waals surface area contributed by atoms with Crippen LogP contribution in [0, 0.1) is 5.92 Å². The van der Waals surface area contributed by atoms with E-state index in [-0.39, 0.29) is 11.9 Å². The Kier molecular flexibility index (Phi) is 6.25. The molecule has 1 aliphatic carbocycles. The molecule has 1 saturated carbocycles. The lowest BCUT2D eigenvalue weighted by atomic mass is 9.86. The molecular formula is C18H29N2O2+. The second-order valence-corrected chi connectivity index (χ2v) is 6.46. The molecule has 0 saturated heterocycles. The van der Waals surface area contributed by atoms with E-state index in [1.54, 1.807) is 7.11 Å². The fourth-order valence-corrected chi connectivity index (χ4v) is 3.06. The summed E-state index contributed by atoms with van der Waals surface area (Å²) in [6.07, 6.45) is 4.88. The summed E-state index contributed by atoms with van der Waals surface area (Å²) < 4.78 is 5.23. The topological polar surface area (TPSA) is 54.9 Å². The molecule has 1 aliphatic rings. The zero-order valence-electron chi connectivity index (χ0n) is 14.0. The Hall–Kier alpha value is -1.55. The third-order valence-corrected chi connectivity index (χ3v) is 4.69. The molecule has 1 fully saturated rings. The van der Waals surface area contributed by atoms with Crippen molar-refractivity contribution in [3.63, 3.8) is 0 Å². The molecule has 1 amide bonds. The van der Waals surface area contributed by atoms with Gasteiger partial charge in [-0.3, -0.25) is 4.79 Å². The molecule has 122 valence electrons. The molecule has 0 radical (unpaired) electrons. The summed E-state index contributed by atoms with van der Waals surface area (Å²) >= 11 is 0. The largest absolute Gasteiger partial charge is 0.497 e. The molecule has 4 heteroatoms. The molecule has 1 aromatic rings. The van der Waals surface area contributed by atoms with Crippen molar-refractivity contribution in [3.05, 3.63) is 29.8 Å². The van der Waals surface area contributed by atoms with Gasteiger partial charge in [0.1, 0.15) is 12.3 Å². The predicted octanol–water partition coefficient (Wildman–Crippen LogP) is 1.84. The number of nitrogens with two attached hydrogens (primary N) is 1. The van der Waals surface area contributed by atoms with Gasteiger partial charge in [0.25, 0.3) is 5.91 Å². The van der Waals surface area contributed by atoms with Crippen LogP contribution >= 0.6 is 0 Å². The first-order chi connectivity index (χ1) is 10.6. The Labute approximate surface area is 133 Å². The average Bonchev–Trinajstić information content (AvgIpc) is 2.54. The average molecular weight is 305 g/mol. The van der Waals surface area contributed by atoms with Crippen molar-refractivity contribution in [2.75, 3.05) is 7.11 Å². The van der Waals surface area contributed by atoms with Gasteiger partial charge in [0.15, 0.2) is 6.04 Å². The summed E-state index contributed by atoms with van der Waals surface area (Å²) in [4.78, 5) is 12.3. The molecule has 22 heavy (non-hydrogen) atoms. The lowest BCUT2D eigenvalue weighted by Crippen LogP contribution is -2.90. The van der Waals surface area contributed by atoms with Crippen LogP contribution in [0.2, 0.25) is 0 Å². The van der Waals surface area contributed by atoms with Crippen LogP contribution in [0.4, 0.5) is 0 Å². The number of hydrogen-bond acceptors (Lipinski definition) is 2. The second-order valence-electron chi connectivity index (χ2n) is 6.46. The van der Waals surface area contributed by atoms with Gasteiger partial charge in [-0.05, 0) is 37.8 Å². The van der Waals surface area contributed by atoms with E-state index < -0.39 is 0 Å². The summed E-state index contributed by atoms with van der Waals surface area (Å²) in [5, 5.41) is 5.31. The smallest absolute Gasteiger partial charge is 0.278 e. The highest BCUT2D eigenvalue weighted by Gasteiger charge is 2.25. The van der Waals surface area contributed by atoms with Gasteiger partial charge in [0.05, 0.1) is 7.11 Å². The maximum atomic E-state index is 12.3.